The molecule has 0 aliphatic heterocycles. The molecule has 0 aliphatic carbocycles. The Morgan fingerprint density at radius 2 is 1.70 bits per heavy atom. The molecule has 1 N–H and O–H groups in total. The lowest BCUT2D eigenvalue weighted by Gasteiger charge is -2.22. The van der Waals surface area contributed by atoms with Gasteiger partial charge in [0.15, 0.2) is 0 Å². The quantitative estimate of drug-likeness (QED) is 0.340. The molecule has 3 rings (SSSR count). The second-order valence-electron chi connectivity index (χ2n) is 7.22. The van der Waals surface area contributed by atoms with Crippen LogP contribution in [0.15, 0.2) is 84.5 Å². The molecule has 3 aromatic carbocycles. The molecule has 33 heavy (non-hydrogen) atoms. The Morgan fingerprint density at radius 1 is 1.03 bits per heavy atom. The number of benzene rings is 3. The average molecular weight is 461 g/mol. The molecule has 0 saturated carbocycles. The number of rotatable bonds is 7. The Kier molecular flexibility index (Phi) is 8.00. The van der Waals surface area contributed by atoms with Gasteiger partial charge in [-0.2, -0.15) is 5.10 Å². The van der Waals surface area contributed by atoms with E-state index in [-0.39, 0.29) is 0 Å². The van der Waals surface area contributed by atoms with Gasteiger partial charge in [0.25, 0.3) is 5.91 Å². The maximum Gasteiger partial charge on any atom is 0.333 e. The third-order valence-corrected chi connectivity index (χ3v) is 5.12. The summed E-state index contributed by atoms with van der Waals surface area (Å²) in [5.74, 6) is -0.493. The van der Waals surface area contributed by atoms with E-state index >= 15 is 0 Å². The summed E-state index contributed by atoms with van der Waals surface area (Å²) in [6.45, 7) is 6.55. The maximum atomic E-state index is 13.3. The van der Waals surface area contributed by atoms with Gasteiger partial charge in [0, 0.05) is 29.9 Å². The molecule has 0 heterocycles. The molecule has 168 valence electrons. The largest absolute Gasteiger partial charge is 0.333 e. The van der Waals surface area contributed by atoms with Crippen LogP contribution in [0.5, 0.6) is 0 Å². The third-order valence-electron chi connectivity index (χ3n) is 4.89. The lowest BCUT2D eigenvalue weighted by Crippen LogP contribution is -2.40. The fourth-order valence-electron chi connectivity index (χ4n) is 2.92. The minimum atomic E-state index is -0.585. The summed E-state index contributed by atoms with van der Waals surface area (Å²) in [5, 5.41) is 9.32. The highest BCUT2D eigenvalue weighted by molar-refractivity contribution is 6.31. The zero-order valence-corrected chi connectivity index (χ0v) is 19.3. The van der Waals surface area contributed by atoms with Gasteiger partial charge in [-0.1, -0.05) is 54.6 Å². The third kappa shape index (κ3) is 6.30. The first-order chi connectivity index (χ1) is 15.9. The van der Waals surface area contributed by atoms with E-state index < -0.39 is 11.9 Å². The number of halogens is 1. The number of nitrogens with one attached hydrogen (secondary N) is 1. The molecule has 0 aromatic heterocycles. The zero-order chi connectivity index (χ0) is 23.8. The maximum absolute atomic E-state index is 13.3. The van der Waals surface area contributed by atoms with Crippen molar-refractivity contribution in [3.63, 3.8) is 0 Å². The first kappa shape index (κ1) is 23.8. The summed E-state index contributed by atoms with van der Waals surface area (Å²) in [4.78, 5) is 27.6. The number of hydrogen-bond acceptors (Lipinski definition) is 4. The van der Waals surface area contributed by atoms with Crippen LogP contribution in [0.3, 0.4) is 0 Å². The monoisotopic (exact) mass is 460 g/mol. The van der Waals surface area contributed by atoms with Crippen molar-refractivity contribution >= 4 is 47.2 Å². The Labute approximate surface area is 198 Å². The summed E-state index contributed by atoms with van der Waals surface area (Å²) < 4.78 is 0. The molecule has 6 nitrogen and oxygen atoms in total. The van der Waals surface area contributed by atoms with E-state index in [1.807, 2.05) is 31.1 Å². The summed E-state index contributed by atoms with van der Waals surface area (Å²) in [7, 11) is 1.89. The van der Waals surface area contributed by atoms with E-state index in [9.17, 15) is 9.59 Å². The van der Waals surface area contributed by atoms with Gasteiger partial charge in [0.1, 0.15) is 0 Å². The van der Waals surface area contributed by atoms with Gasteiger partial charge in [-0.05, 0) is 60.5 Å². The molecule has 0 saturated heterocycles. The molecule has 3 amide bonds. The van der Waals surface area contributed by atoms with Gasteiger partial charge < -0.3 is 10.3 Å². The summed E-state index contributed by atoms with van der Waals surface area (Å²) in [5.41, 5.74) is 3.04. The molecule has 0 aliphatic rings. The molecule has 3 aromatic rings. The molecule has 0 bridgehead atoms. The van der Waals surface area contributed by atoms with Gasteiger partial charge in [-0.3, -0.25) is 4.79 Å². The number of hydrogen-bond donors (Lipinski definition) is 1. The Hall–Kier alpha value is -3.90. The standard InChI is InChI=1S/C26H25ClN4O2/c1-4-19-11-15-24(16-12-19)31(25(32)21-7-6-8-22(27)17-21)26(33)29-23-13-9-20(10-14-23)18-28-30(3)5-2/h4,6-18H,1,5H2,2-3H3,(H,29,33). The van der Waals surface area contributed by atoms with Crippen molar-refractivity contribution in [3.05, 3.63) is 101 Å². The van der Waals surface area contributed by atoms with Crippen LogP contribution >= 0.6 is 11.6 Å². The number of anilines is 2. The first-order valence-electron chi connectivity index (χ1n) is 10.4. The number of carbonyl (C=O) groups excluding carboxylic acids is 2. The van der Waals surface area contributed by atoms with Gasteiger partial charge in [-0.25, -0.2) is 9.69 Å². The molecule has 0 fully saturated rings. The van der Waals surface area contributed by atoms with E-state index in [4.69, 9.17) is 11.6 Å². The van der Waals surface area contributed by atoms with E-state index in [1.54, 1.807) is 66.9 Å². The number of urea groups is 1. The molecular formula is C26H25ClN4O2. The molecule has 0 spiro atoms. The van der Waals surface area contributed by atoms with E-state index in [0.29, 0.717) is 22.0 Å². The van der Waals surface area contributed by atoms with Crippen LogP contribution in [0.2, 0.25) is 5.02 Å². The van der Waals surface area contributed by atoms with Crippen LogP contribution in [-0.4, -0.2) is 36.8 Å². The second kappa shape index (κ2) is 11.1. The van der Waals surface area contributed by atoms with Gasteiger partial charge >= 0.3 is 6.03 Å². The highest BCUT2D eigenvalue weighted by atomic mass is 35.5. The van der Waals surface area contributed by atoms with Crippen LogP contribution < -0.4 is 10.2 Å². The topological polar surface area (TPSA) is 65.0 Å². The van der Waals surface area contributed by atoms with Gasteiger partial charge in [0.2, 0.25) is 0 Å². The fraction of sp³-hybridized carbons (Fsp3) is 0.115. The van der Waals surface area contributed by atoms with Crippen molar-refractivity contribution in [1.82, 2.24) is 5.01 Å². The Balaban J connectivity index is 1.86. The van der Waals surface area contributed by atoms with Crippen LogP contribution in [0.25, 0.3) is 6.08 Å². The second-order valence-corrected chi connectivity index (χ2v) is 7.65. The van der Waals surface area contributed by atoms with Crippen molar-refractivity contribution in [2.24, 2.45) is 5.10 Å². The van der Waals surface area contributed by atoms with Crippen LogP contribution in [-0.2, 0) is 0 Å². The number of carbonyl (C=O) groups is 2. The van der Waals surface area contributed by atoms with Crippen molar-refractivity contribution in [1.29, 1.82) is 0 Å². The smallest absolute Gasteiger partial charge is 0.307 e. The minimum absolute atomic E-state index is 0.303. The van der Waals surface area contributed by atoms with Gasteiger partial charge in [0.05, 0.1) is 11.9 Å². The van der Waals surface area contributed by atoms with Crippen LogP contribution in [0, 0.1) is 0 Å². The normalized spacial score (nSPS) is 10.6. The van der Waals surface area contributed by atoms with E-state index in [2.05, 4.69) is 17.0 Å². The lowest BCUT2D eigenvalue weighted by molar-refractivity contribution is 0.0995. The predicted octanol–water partition coefficient (Wildman–Crippen LogP) is 6.15. The summed E-state index contributed by atoms with van der Waals surface area (Å²) in [6.07, 6.45) is 3.43. The van der Waals surface area contributed by atoms with Crippen molar-refractivity contribution < 1.29 is 9.59 Å². The van der Waals surface area contributed by atoms with E-state index in [0.717, 1.165) is 22.6 Å². The summed E-state index contributed by atoms with van der Waals surface area (Å²) >= 11 is 6.06. The Morgan fingerprint density at radius 3 is 2.30 bits per heavy atom. The minimum Gasteiger partial charge on any atom is -0.307 e. The van der Waals surface area contributed by atoms with Crippen molar-refractivity contribution in [2.45, 2.75) is 6.92 Å². The number of nitrogens with zero attached hydrogens (tertiary/aromatic N) is 3. The average Bonchev–Trinajstić information content (AvgIpc) is 2.84. The lowest BCUT2D eigenvalue weighted by atomic mass is 10.1. The highest BCUT2D eigenvalue weighted by Crippen LogP contribution is 2.22. The SMILES string of the molecule is C=Cc1ccc(N(C(=O)Nc2ccc(C=NN(C)CC)cc2)C(=O)c2cccc(Cl)c2)cc1. The Bertz CT molecular complexity index is 1160. The number of amides is 3. The van der Waals surface area contributed by atoms with E-state index in [1.165, 1.54) is 6.07 Å². The van der Waals surface area contributed by atoms with Gasteiger partial charge in [-0.15, -0.1) is 0 Å². The first-order valence-corrected chi connectivity index (χ1v) is 10.8. The number of hydrazone groups is 1. The van der Waals surface area contributed by atoms with Crippen molar-refractivity contribution in [2.75, 3.05) is 23.8 Å². The van der Waals surface area contributed by atoms with Crippen molar-refractivity contribution in [3.8, 4) is 0 Å². The zero-order valence-electron chi connectivity index (χ0n) is 18.5. The van der Waals surface area contributed by atoms with Crippen LogP contribution in [0.1, 0.15) is 28.4 Å². The number of imide groups is 1. The fourth-order valence-corrected chi connectivity index (χ4v) is 3.11. The molecule has 0 unspecified atom stereocenters. The highest BCUT2D eigenvalue weighted by Gasteiger charge is 2.25. The molecule has 0 atom stereocenters. The molecular weight excluding hydrogens is 436 g/mol. The summed E-state index contributed by atoms with van der Waals surface area (Å²) in [6, 6.07) is 20.1. The molecule has 7 heteroatoms. The van der Waals surface area contributed by atoms with Crippen LogP contribution in [0.4, 0.5) is 16.2 Å². The predicted molar refractivity (Wildman–Crippen MR) is 136 cm³/mol. The molecule has 0 radical (unpaired) electrons.